The molecule has 0 saturated heterocycles. The molecule has 0 unspecified atom stereocenters. The van der Waals surface area contributed by atoms with Crippen LogP contribution < -0.4 is 5.14 Å². The molecule has 3 aliphatic rings. The monoisotopic (exact) mass is 352 g/mol. The molecule has 1 saturated carbocycles. The molecule has 0 radical (unpaired) electrons. The second-order valence-corrected chi connectivity index (χ2v) is 8.72. The number of hydrogen-bond donors (Lipinski definition) is 1. The topological polar surface area (TPSA) is 65.1 Å². The van der Waals surface area contributed by atoms with Crippen molar-refractivity contribution in [2.45, 2.75) is 42.9 Å². The van der Waals surface area contributed by atoms with E-state index in [2.05, 4.69) is 22.8 Å². The van der Waals surface area contributed by atoms with Gasteiger partial charge in [-0.05, 0) is 36.5 Å². The van der Waals surface area contributed by atoms with E-state index in [0.717, 1.165) is 40.9 Å². The zero-order valence-corrected chi connectivity index (χ0v) is 14.7. The first-order valence-electron chi connectivity index (χ1n) is 8.86. The van der Waals surface area contributed by atoms with Crippen molar-refractivity contribution in [2.75, 3.05) is 0 Å². The minimum absolute atomic E-state index is 0.262. The van der Waals surface area contributed by atoms with E-state index >= 15 is 0 Å². The summed E-state index contributed by atoms with van der Waals surface area (Å²) >= 11 is 0. The highest BCUT2D eigenvalue weighted by Crippen LogP contribution is 2.52. The van der Waals surface area contributed by atoms with E-state index in [1.165, 1.54) is 24.6 Å². The number of rotatable bonds is 3. The second-order valence-electron chi connectivity index (χ2n) is 7.19. The lowest BCUT2D eigenvalue weighted by molar-refractivity contribution is 0.443. The summed E-state index contributed by atoms with van der Waals surface area (Å²) in [5.74, 6) is 0.453. The Morgan fingerprint density at radius 1 is 1.00 bits per heavy atom. The summed E-state index contributed by atoms with van der Waals surface area (Å²) < 4.78 is 26.6. The van der Waals surface area contributed by atoms with Crippen molar-refractivity contribution in [1.29, 1.82) is 0 Å². The minimum atomic E-state index is -3.77. The highest BCUT2D eigenvalue weighted by molar-refractivity contribution is 7.89. The molecule has 2 heterocycles. The van der Waals surface area contributed by atoms with Gasteiger partial charge in [-0.1, -0.05) is 49.6 Å². The fourth-order valence-corrected chi connectivity index (χ4v) is 5.15. The van der Waals surface area contributed by atoms with Gasteiger partial charge in [0.2, 0.25) is 10.0 Å². The smallest absolute Gasteiger partial charge is 0.238 e. The molecule has 1 aliphatic carbocycles. The predicted molar refractivity (Wildman–Crippen MR) is 99.5 cm³/mol. The Morgan fingerprint density at radius 3 is 2.48 bits per heavy atom. The van der Waals surface area contributed by atoms with Crippen molar-refractivity contribution in [3.63, 3.8) is 0 Å². The molecule has 2 aliphatic heterocycles. The Morgan fingerprint density at radius 2 is 1.76 bits per heavy atom. The van der Waals surface area contributed by atoms with Gasteiger partial charge >= 0.3 is 0 Å². The number of sulfonamides is 1. The number of aromatic nitrogens is 1. The zero-order chi connectivity index (χ0) is 17.2. The lowest BCUT2D eigenvalue weighted by Gasteiger charge is -2.22. The molecule has 5 rings (SSSR count). The molecule has 0 spiro atoms. The van der Waals surface area contributed by atoms with Crippen molar-refractivity contribution in [1.82, 2.24) is 4.57 Å². The third kappa shape index (κ3) is 2.26. The number of hydrogen-bond acceptors (Lipinski definition) is 2. The molecule has 128 valence electrons. The number of primary sulfonamides is 1. The normalized spacial score (nSPS) is 17.2. The lowest BCUT2D eigenvalue weighted by atomic mass is 9.84. The number of fused-ring (bicyclic) bond motifs is 4. The van der Waals surface area contributed by atoms with Gasteiger partial charge < -0.3 is 4.57 Å². The van der Waals surface area contributed by atoms with Crippen LogP contribution in [0.5, 0.6) is 0 Å². The quantitative estimate of drug-likeness (QED) is 0.597. The van der Waals surface area contributed by atoms with Crippen LogP contribution in [0.25, 0.3) is 27.8 Å². The van der Waals surface area contributed by atoms with Crippen LogP contribution in [0, 0.1) is 0 Å². The van der Waals surface area contributed by atoms with E-state index in [1.54, 1.807) is 0 Å². The van der Waals surface area contributed by atoms with Gasteiger partial charge in [0.1, 0.15) is 0 Å². The number of para-hydroxylation sites is 1. The molecule has 2 N–H and O–H groups in total. The Labute approximate surface area is 147 Å². The average Bonchev–Trinajstić information content (AvgIpc) is 3.28. The highest BCUT2D eigenvalue weighted by Gasteiger charge is 2.36. The molecule has 4 nitrogen and oxygen atoms in total. The van der Waals surface area contributed by atoms with Gasteiger partial charge in [-0.25, -0.2) is 13.6 Å². The summed E-state index contributed by atoms with van der Waals surface area (Å²) in [5.41, 5.74) is 5.10. The van der Waals surface area contributed by atoms with E-state index in [0.29, 0.717) is 5.92 Å². The molecule has 1 fully saturated rings. The van der Waals surface area contributed by atoms with Gasteiger partial charge in [0.15, 0.2) is 0 Å². The molecule has 2 aromatic carbocycles. The second kappa shape index (κ2) is 5.19. The van der Waals surface area contributed by atoms with Crippen LogP contribution in [0.4, 0.5) is 0 Å². The summed E-state index contributed by atoms with van der Waals surface area (Å²) in [6, 6.07) is 14.0. The third-order valence-corrected chi connectivity index (χ3v) is 6.62. The molecule has 2 aromatic rings. The fourth-order valence-electron chi connectivity index (χ4n) is 4.38. The first-order chi connectivity index (χ1) is 12.1. The van der Waals surface area contributed by atoms with Crippen LogP contribution in [-0.4, -0.2) is 13.0 Å². The van der Waals surface area contributed by atoms with Crippen molar-refractivity contribution >= 4 is 20.9 Å². The summed E-state index contributed by atoms with van der Waals surface area (Å²) in [6.45, 7) is 0. The molecule has 0 amide bonds. The van der Waals surface area contributed by atoms with Crippen LogP contribution in [0.1, 0.15) is 43.6 Å². The SMILES string of the molecule is NS(=O)(=O)c1cc(C2CCCCC2)ccc1-c1c2c3ccccc3n1-2. The van der Waals surface area contributed by atoms with Gasteiger partial charge in [0.05, 0.1) is 21.8 Å². The van der Waals surface area contributed by atoms with E-state index in [4.69, 9.17) is 5.14 Å². The van der Waals surface area contributed by atoms with Crippen molar-refractivity contribution in [2.24, 2.45) is 5.14 Å². The number of nitrogens with two attached hydrogens (primary N) is 1. The highest BCUT2D eigenvalue weighted by atomic mass is 32.2. The zero-order valence-electron chi connectivity index (χ0n) is 13.9. The van der Waals surface area contributed by atoms with Crippen LogP contribution in [0.15, 0.2) is 47.4 Å². The molecule has 0 bridgehead atoms. The van der Waals surface area contributed by atoms with E-state index < -0.39 is 10.0 Å². The van der Waals surface area contributed by atoms with Gasteiger partial charge in [0.25, 0.3) is 0 Å². The van der Waals surface area contributed by atoms with Gasteiger partial charge in [0, 0.05) is 10.9 Å². The maximum absolute atomic E-state index is 12.3. The third-order valence-electron chi connectivity index (χ3n) is 5.67. The van der Waals surface area contributed by atoms with Crippen LogP contribution in [0.3, 0.4) is 0 Å². The minimum Gasteiger partial charge on any atom is -0.304 e. The molecular weight excluding hydrogens is 332 g/mol. The van der Waals surface area contributed by atoms with E-state index in [-0.39, 0.29) is 4.90 Å². The van der Waals surface area contributed by atoms with E-state index in [1.807, 2.05) is 24.3 Å². The maximum Gasteiger partial charge on any atom is 0.238 e. The van der Waals surface area contributed by atoms with E-state index in [9.17, 15) is 8.42 Å². The summed E-state index contributed by atoms with van der Waals surface area (Å²) in [5, 5.41) is 6.76. The van der Waals surface area contributed by atoms with Crippen molar-refractivity contribution < 1.29 is 8.42 Å². The first-order valence-corrected chi connectivity index (χ1v) is 10.4. The Balaban J connectivity index is 1.65. The van der Waals surface area contributed by atoms with Gasteiger partial charge in [-0.3, -0.25) is 0 Å². The predicted octanol–water partition coefficient (Wildman–Crippen LogP) is 4.31. The lowest BCUT2D eigenvalue weighted by Crippen LogP contribution is -2.14. The largest absolute Gasteiger partial charge is 0.304 e. The van der Waals surface area contributed by atoms with Crippen LogP contribution in [0.2, 0.25) is 0 Å². The summed E-state index contributed by atoms with van der Waals surface area (Å²) in [4.78, 5) is 0.262. The molecule has 0 aromatic heterocycles. The average molecular weight is 352 g/mol. The summed E-state index contributed by atoms with van der Waals surface area (Å²) in [7, 11) is -3.77. The van der Waals surface area contributed by atoms with Crippen molar-refractivity contribution in [3.8, 4) is 16.9 Å². The van der Waals surface area contributed by atoms with Crippen LogP contribution in [-0.2, 0) is 10.0 Å². The molecule has 25 heavy (non-hydrogen) atoms. The standard InChI is InChI=1S/C20H20N2O2S/c21-25(23,24)18-12-14(13-6-2-1-3-7-13)10-11-16(18)20-19-15-8-4-5-9-17(15)22(19)20/h4-5,8-13H,1-3,6-7H2,(H2,21,23,24). The molecular formula is C20H20N2O2S. The fraction of sp³-hybridized carbons (Fsp3) is 0.300. The summed E-state index contributed by atoms with van der Waals surface area (Å²) in [6.07, 6.45) is 5.98. The van der Waals surface area contributed by atoms with Crippen molar-refractivity contribution in [3.05, 3.63) is 48.0 Å². The number of benzene rings is 2. The van der Waals surface area contributed by atoms with Gasteiger partial charge in [-0.15, -0.1) is 0 Å². The maximum atomic E-state index is 12.3. The van der Waals surface area contributed by atoms with Gasteiger partial charge in [-0.2, -0.15) is 0 Å². The van der Waals surface area contributed by atoms with Crippen LogP contribution >= 0.6 is 0 Å². The Hall–Kier alpha value is -2.11. The Bertz CT molecular complexity index is 1070. The Kier molecular flexibility index (Phi) is 3.15. The first kappa shape index (κ1) is 15.2. The molecule has 0 atom stereocenters. The molecule has 5 heteroatoms. The number of nitrogens with zero attached hydrogens (tertiary/aromatic N) is 1.